The van der Waals surface area contributed by atoms with E-state index in [4.69, 9.17) is 4.74 Å². The molecule has 3 aromatic rings. The predicted octanol–water partition coefficient (Wildman–Crippen LogP) is 4.65. The summed E-state index contributed by atoms with van der Waals surface area (Å²) in [5, 5.41) is 3.21. The highest BCUT2D eigenvalue weighted by Crippen LogP contribution is 2.31. The van der Waals surface area contributed by atoms with Crippen LogP contribution < -0.4 is 10.1 Å². The van der Waals surface area contributed by atoms with Crippen LogP contribution in [0.25, 0.3) is 0 Å². The molecule has 1 fully saturated rings. The van der Waals surface area contributed by atoms with E-state index in [0.29, 0.717) is 11.6 Å². The van der Waals surface area contributed by atoms with Crippen molar-refractivity contribution in [3.63, 3.8) is 0 Å². The zero-order valence-corrected chi connectivity index (χ0v) is 19.4. The van der Waals surface area contributed by atoms with Gasteiger partial charge in [0.05, 0.1) is 17.8 Å². The van der Waals surface area contributed by atoms with Gasteiger partial charge in [0.2, 0.25) is 0 Å². The first-order valence-corrected chi connectivity index (χ1v) is 11.7. The second kappa shape index (κ2) is 11.1. The standard InChI is InChI=1S/C27H32N4O2/c1-20(2)33-23-11-9-21(10-12-23)19-31-17-13-22(14-18-31)26(24-7-3-5-15-28-24)30-27(32)25-8-4-6-16-29-25/h3-12,15-16,20,22,26H,13-14,17-19H2,1-2H3,(H,30,32)/t26-/m0/s1. The molecule has 33 heavy (non-hydrogen) atoms. The van der Waals surface area contributed by atoms with Crippen LogP contribution in [-0.4, -0.2) is 40.0 Å². The van der Waals surface area contributed by atoms with E-state index in [2.05, 4.69) is 32.3 Å². The van der Waals surface area contributed by atoms with Gasteiger partial charge in [-0.2, -0.15) is 0 Å². The average Bonchev–Trinajstić information content (AvgIpc) is 2.85. The Kier molecular flexibility index (Phi) is 7.68. The molecule has 172 valence electrons. The van der Waals surface area contributed by atoms with Crippen molar-refractivity contribution in [3.8, 4) is 5.75 Å². The second-order valence-corrected chi connectivity index (χ2v) is 8.84. The Balaban J connectivity index is 1.38. The minimum Gasteiger partial charge on any atom is -0.491 e. The number of rotatable bonds is 8. The van der Waals surface area contributed by atoms with Crippen molar-refractivity contribution >= 4 is 5.91 Å². The molecule has 4 rings (SSSR count). The molecular weight excluding hydrogens is 412 g/mol. The number of nitrogens with zero attached hydrogens (tertiary/aromatic N) is 3. The van der Waals surface area contributed by atoms with Crippen LogP contribution >= 0.6 is 0 Å². The summed E-state index contributed by atoms with van der Waals surface area (Å²) in [7, 11) is 0. The molecule has 0 radical (unpaired) electrons. The van der Waals surface area contributed by atoms with Gasteiger partial charge in [-0.05, 0) is 87.7 Å². The van der Waals surface area contributed by atoms with Crippen molar-refractivity contribution in [1.29, 1.82) is 0 Å². The Labute approximate surface area is 196 Å². The minimum atomic E-state index is -0.155. The Hall–Kier alpha value is -3.25. The first-order valence-electron chi connectivity index (χ1n) is 11.7. The van der Waals surface area contributed by atoms with Gasteiger partial charge in [0.15, 0.2) is 0 Å². The Morgan fingerprint density at radius 3 is 2.30 bits per heavy atom. The molecule has 1 aliphatic heterocycles. The van der Waals surface area contributed by atoms with Gasteiger partial charge in [-0.25, -0.2) is 0 Å². The summed E-state index contributed by atoms with van der Waals surface area (Å²) in [5.41, 5.74) is 2.62. The third-order valence-corrected chi connectivity index (χ3v) is 6.00. The Bertz CT molecular complexity index is 1000. The average molecular weight is 445 g/mol. The zero-order valence-electron chi connectivity index (χ0n) is 19.4. The van der Waals surface area contributed by atoms with E-state index in [1.165, 1.54) is 5.56 Å². The number of aromatic nitrogens is 2. The summed E-state index contributed by atoms with van der Waals surface area (Å²) < 4.78 is 5.75. The van der Waals surface area contributed by atoms with Crippen molar-refractivity contribution in [2.24, 2.45) is 5.92 Å². The lowest BCUT2D eigenvalue weighted by atomic mass is 9.87. The van der Waals surface area contributed by atoms with Crippen LogP contribution in [0, 0.1) is 5.92 Å². The van der Waals surface area contributed by atoms with E-state index in [-0.39, 0.29) is 18.1 Å². The van der Waals surface area contributed by atoms with Gasteiger partial charge in [0.1, 0.15) is 11.4 Å². The van der Waals surface area contributed by atoms with Gasteiger partial charge >= 0.3 is 0 Å². The summed E-state index contributed by atoms with van der Waals surface area (Å²) >= 11 is 0. The number of likely N-dealkylation sites (tertiary alicyclic amines) is 1. The first-order chi connectivity index (χ1) is 16.1. The third kappa shape index (κ3) is 6.39. The maximum absolute atomic E-state index is 12.8. The molecule has 0 spiro atoms. The maximum atomic E-state index is 12.8. The van der Waals surface area contributed by atoms with Crippen molar-refractivity contribution in [1.82, 2.24) is 20.2 Å². The summed E-state index contributed by atoms with van der Waals surface area (Å²) in [6.07, 6.45) is 5.61. The van der Waals surface area contributed by atoms with Gasteiger partial charge in [-0.1, -0.05) is 24.3 Å². The highest BCUT2D eigenvalue weighted by Gasteiger charge is 2.30. The van der Waals surface area contributed by atoms with Crippen molar-refractivity contribution in [2.75, 3.05) is 13.1 Å². The summed E-state index contributed by atoms with van der Waals surface area (Å²) in [4.78, 5) is 24.1. The van der Waals surface area contributed by atoms with Crippen LogP contribution in [0.2, 0.25) is 0 Å². The number of benzene rings is 1. The fraction of sp³-hybridized carbons (Fsp3) is 0.370. The molecule has 1 aromatic carbocycles. The highest BCUT2D eigenvalue weighted by molar-refractivity contribution is 5.92. The zero-order chi connectivity index (χ0) is 23.0. The van der Waals surface area contributed by atoms with Crippen LogP contribution in [0.5, 0.6) is 5.75 Å². The molecule has 2 aromatic heterocycles. The van der Waals surface area contributed by atoms with Crippen LogP contribution in [0.4, 0.5) is 0 Å². The van der Waals surface area contributed by atoms with Gasteiger partial charge in [-0.15, -0.1) is 0 Å². The van der Waals surface area contributed by atoms with Gasteiger partial charge in [-0.3, -0.25) is 19.7 Å². The molecule has 1 atom stereocenters. The Morgan fingerprint density at radius 1 is 1.00 bits per heavy atom. The fourth-order valence-electron chi connectivity index (χ4n) is 4.35. The monoisotopic (exact) mass is 444 g/mol. The molecule has 3 heterocycles. The number of nitrogens with one attached hydrogen (secondary N) is 1. The molecule has 6 nitrogen and oxygen atoms in total. The molecule has 0 bridgehead atoms. The van der Waals surface area contributed by atoms with Gasteiger partial charge in [0.25, 0.3) is 5.91 Å². The van der Waals surface area contributed by atoms with E-state index < -0.39 is 0 Å². The van der Waals surface area contributed by atoms with Gasteiger partial charge < -0.3 is 10.1 Å². The number of hydrogen-bond acceptors (Lipinski definition) is 5. The molecule has 1 aliphatic rings. The second-order valence-electron chi connectivity index (χ2n) is 8.84. The number of hydrogen-bond donors (Lipinski definition) is 1. The van der Waals surface area contributed by atoms with E-state index in [1.54, 1.807) is 18.5 Å². The minimum absolute atomic E-state index is 0.129. The SMILES string of the molecule is CC(C)Oc1ccc(CN2CCC([C@H](NC(=O)c3ccccn3)c3ccccn3)CC2)cc1. The molecule has 0 unspecified atom stereocenters. The number of carbonyl (C=O) groups excluding carboxylic acids is 1. The molecule has 0 aliphatic carbocycles. The lowest BCUT2D eigenvalue weighted by Crippen LogP contribution is -2.41. The third-order valence-electron chi connectivity index (χ3n) is 6.00. The van der Waals surface area contributed by atoms with Gasteiger partial charge in [0, 0.05) is 18.9 Å². The van der Waals surface area contributed by atoms with E-state index >= 15 is 0 Å². The van der Waals surface area contributed by atoms with Crippen LogP contribution in [0.1, 0.15) is 54.5 Å². The summed E-state index contributed by atoms with van der Waals surface area (Å²) in [6, 6.07) is 19.5. The molecular formula is C27H32N4O2. The molecule has 1 amide bonds. The number of ether oxygens (including phenoxy) is 1. The number of pyridine rings is 2. The van der Waals surface area contributed by atoms with Crippen molar-refractivity contribution < 1.29 is 9.53 Å². The van der Waals surface area contributed by atoms with Crippen LogP contribution in [-0.2, 0) is 6.54 Å². The maximum Gasteiger partial charge on any atom is 0.270 e. The van der Waals surface area contributed by atoms with E-state index in [9.17, 15) is 4.79 Å². The topological polar surface area (TPSA) is 67.3 Å². The predicted molar refractivity (Wildman–Crippen MR) is 129 cm³/mol. The first kappa shape index (κ1) is 22.9. The smallest absolute Gasteiger partial charge is 0.270 e. The van der Waals surface area contributed by atoms with E-state index in [1.807, 2.05) is 56.3 Å². The number of carbonyl (C=O) groups is 1. The van der Waals surface area contributed by atoms with E-state index in [0.717, 1.165) is 43.9 Å². The van der Waals surface area contributed by atoms with Crippen molar-refractivity contribution in [2.45, 2.75) is 45.4 Å². The molecule has 1 N–H and O–H groups in total. The van der Waals surface area contributed by atoms with Crippen LogP contribution in [0.3, 0.4) is 0 Å². The normalized spacial score (nSPS) is 15.8. The fourth-order valence-corrected chi connectivity index (χ4v) is 4.35. The lowest BCUT2D eigenvalue weighted by molar-refractivity contribution is 0.0883. The number of piperidine rings is 1. The number of amides is 1. The summed E-state index contributed by atoms with van der Waals surface area (Å²) in [5.74, 6) is 1.08. The molecule has 0 saturated carbocycles. The largest absolute Gasteiger partial charge is 0.491 e. The molecule has 1 saturated heterocycles. The highest BCUT2D eigenvalue weighted by atomic mass is 16.5. The molecule has 6 heteroatoms. The van der Waals surface area contributed by atoms with Crippen LogP contribution in [0.15, 0.2) is 73.1 Å². The summed E-state index contributed by atoms with van der Waals surface area (Å²) in [6.45, 7) is 6.96. The lowest BCUT2D eigenvalue weighted by Gasteiger charge is -2.36. The quantitative estimate of drug-likeness (QED) is 0.548. The van der Waals surface area contributed by atoms with Crippen molar-refractivity contribution in [3.05, 3.63) is 90.0 Å². The Morgan fingerprint density at radius 2 is 1.70 bits per heavy atom.